The number of nitrogens with two attached hydrogens (primary N) is 1. The SMILES string of the molecule is CC(N)C(C)S(=O)(=O)c1ccc(C(F)(F)F)cc1. The number of benzene rings is 1. The fourth-order valence-corrected chi connectivity index (χ4v) is 2.84. The maximum absolute atomic E-state index is 12.3. The standard InChI is InChI=1S/C11H14F3NO2S/c1-7(15)8(2)18(16,17)10-5-3-9(4-6-10)11(12,13)14/h3-8H,15H2,1-2H3. The zero-order chi connectivity index (χ0) is 14.1. The van der Waals surface area contributed by atoms with Crippen LogP contribution in [0.4, 0.5) is 13.2 Å². The second-order valence-corrected chi connectivity index (χ2v) is 6.44. The molecule has 1 aromatic rings. The van der Waals surface area contributed by atoms with Crippen LogP contribution in [0, 0.1) is 0 Å². The molecule has 0 saturated carbocycles. The highest BCUT2D eigenvalue weighted by molar-refractivity contribution is 7.92. The predicted molar refractivity (Wildman–Crippen MR) is 61.7 cm³/mol. The van der Waals surface area contributed by atoms with Gasteiger partial charge in [-0.05, 0) is 38.1 Å². The average Bonchev–Trinajstić information content (AvgIpc) is 2.26. The van der Waals surface area contributed by atoms with Crippen LogP contribution < -0.4 is 5.73 Å². The Morgan fingerprint density at radius 2 is 1.56 bits per heavy atom. The van der Waals surface area contributed by atoms with Crippen LogP contribution >= 0.6 is 0 Å². The molecule has 0 aliphatic rings. The van der Waals surface area contributed by atoms with Gasteiger partial charge >= 0.3 is 6.18 Å². The van der Waals surface area contributed by atoms with Crippen molar-refractivity contribution in [2.75, 3.05) is 0 Å². The van der Waals surface area contributed by atoms with Gasteiger partial charge in [-0.1, -0.05) is 0 Å². The molecule has 3 nitrogen and oxygen atoms in total. The van der Waals surface area contributed by atoms with Crippen molar-refractivity contribution in [3.05, 3.63) is 29.8 Å². The van der Waals surface area contributed by atoms with Gasteiger partial charge in [0.2, 0.25) is 0 Å². The van der Waals surface area contributed by atoms with Crippen LogP contribution in [0.3, 0.4) is 0 Å². The van der Waals surface area contributed by atoms with Gasteiger partial charge in [-0.3, -0.25) is 0 Å². The van der Waals surface area contributed by atoms with E-state index in [1.807, 2.05) is 0 Å². The molecule has 2 unspecified atom stereocenters. The highest BCUT2D eigenvalue weighted by atomic mass is 32.2. The van der Waals surface area contributed by atoms with Gasteiger partial charge in [-0.2, -0.15) is 13.2 Å². The molecule has 102 valence electrons. The third kappa shape index (κ3) is 3.02. The Bertz CT molecular complexity index is 506. The van der Waals surface area contributed by atoms with Crippen LogP contribution in [-0.4, -0.2) is 19.7 Å². The van der Waals surface area contributed by atoms with E-state index in [1.54, 1.807) is 0 Å². The van der Waals surface area contributed by atoms with Crippen molar-refractivity contribution in [1.29, 1.82) is 0 Å². The number of hydrogen-bond acceptors (Lipinski definition) is 3. The van der Waals surface area contributed by atoms with E-state index < -0.39 is 32.9 Å². The minimum Gasteiger partial charge on any atom is -0.327 e. The molecular weight excluding hydrogens is 267 g/mol. The molecular formula is C11H14F3NO2S. The molecule has 0 saturated heterocycles. The lowest BCUT2D eigenvalue weighted by molar-refractivity contribution is -0.137. The van der Waals surface area contributed by atoms with Crippen LogP contribution in [-0.2, 0) is 16.0 Å². The van der Waals surface area contributed by atoms with Crippen LogP contribution in [0.25, 0.3) is 0 Å². The number of sulfone groups is 1. The number of rotatable bonds is 3. The highest BCUT2D eigenvalue weighted by Gasteiger charge is 2.31. The highest BCUT2D eigenvalue weighted by Crippen LogP contribution is 2.30. The molecule has 0 fully saturated rings. The lowest BCUT2D eigenvalue weighted by Gasteiger charge is -2.16. The number of hydrogen-bond donors (Lipinski definition) is 1. The minimum atomic E-state index is -4.48. The summed E-state index contributed by atoms with van der Waals surface area (Å²) in [5.74, 6) is 0. The molecule has 0 bridgehead atoms. The molecule has 18 heavy (non-hydrogen) atoms. The average molecular weight is 281 g/mol. The van der Waals surface area contributed by atoms with Crippen molar-refractivity contribution < 1.29 is 21.6 Å². The molecule has 0 aromatic heterocycles. The van der Waals surface area contributed by atoms with E-state index in [0.29, 0.717) is 0 Å². The largest absolute Gasteiger partial charge is 0.416 e. The smallest absolute Gasteiger partial charge is 0.327 e. The monoisotopic (exact) mass is 281 g/mol. The Labute approximate surface area is 104 Å². The molecule has 1 rings (SSSR count). The van der Waals surface area contributed by atoms with Crippen LogP contribution in [0.5, 0.6) is 0 Å². The summed E-state index contributed by atoms with van der Waals surface area (Å²) in [4.78, 5) is -0.153. The zero-order valence-electron chi connectivity index (χ0n) is 9.90. The predicted octanol–water partition coefficient (Wildman–Crippen LogP) is 2.21. The van der Waals surface area contributed by atoms with Crippen LogP contribution in [0.1, 0.15) is 19.4 Å². The van der Waals surface area contributed by atoms with Gasteiger partial charge in [-0.15, -0.1) is 0 Å². The van der Waals surface area contributed by atoms with E-state index in [0.717, 1.165) is 24.3 Å². The van der Waals surface area contributed by atoms with E-state index in [9.17, 15) is 21.6 Å². The van der Waals surface area contributed by atoms with E-state index >= 15 is 0 Å². The first-order chi connectivity index (χ1) is 8.06. The summed E-state index contributed by atoms with van der Waals surface area (Å²) >= 11 is 0. The molecule has 0 amide bonds. The third-order valence-electron chi connectivity index (χ3n) is 2.74. The summed E-state index contributed by atoms with van der Waals surface area (Å²) in [6, 6.07) is 2.81. The Balaban J connectivity index is 3.14. The molecule has 1 aromatic carbocycles. The second kappa shape index (κ2) is 4.89. The van der Waals surface area contributed by atoms with Crippen molar-refractivity contribution in [2.24, 2.45) is 5.73 Å². The van der Waals surface area contributed by atoms with Crippen molar-refractivity contribution in [3.63, 3.8) is 0 Å². The molecule has 7 heteroatoms. The normalized spacial score (nSPS) is 16.3. The molecule has 0 aliphatic carbocycles. The van der Waals surface area contributed by atoms with Crippen molar-refractivity contribution in [3.8, 4) is 0 Å². The lowest BCUT2D eigenvalue weighted by Crippen LogP contribution is -2.35. The van der Waals surface area contributed by atoms with Gasteiger partial charge in [0, 0.05) is 6.04 Å². The summed E-state index contributed by atoms with van der Waals surface area (Å²) in [5, 5.41) is -0.853. The first-order valence-corrected chi connectivity index (χ1v) is 6.78. The molecule has 0 aliphatic heterocycles. The summed E-state index contributed by atoms with van der Waals surface area (Å²) < 4.78 is 60.9. The summed E-state index contributed by atoms with van der Waals surface area (Å²) in [6.07, 6.45) is -4.48. The van der Waals surface area contributed by atoms with E-state index in [1.165, 1.54) is 13.8 Å². The molecule has 2 N–H and O–H groups in total. The number of alkyl halides is 3. The Morgan fingerprint density at radius 1 is 1.11 bits per heavy atom. The maximum atomic E-state index is 12.3. The van der Waals surface area contributed by atoms with Crippen molar-refractivity contribution in [1.82, 2.24) is 0 Å². The topological polar surface area (TPSA) is 60.2 Å². The molecule has 0 spiro atoms. The van der Waals surface area contributed by atoms with Gasteiger partial charge in [0.05, 0.1) is 15.7 Å². The summed E-state index contributed by atoms with van der Waals surface area (Å²) in [7, 11) is -3.69. The van der Waals surface area contributed by atoms with Gasteiger partial charge in [-0.25, -0.2) is 8.42 Å². The quantitative estimate of drug-likeness (QED) is 0.924. The van der Waals surface area contributed by atoms with Crippen molar-refractivity contribution in [2.45, 2.75) is 36.2 Å². The zero-order valence-corrected chi connectivity index (χ0v) is 10.7. The Hall–Kier alpha value is -1.08. The Morgan fingerprint density at radius 3 is 1.89 bits per heavy atom. The molecule has 2 atom stereocenters. The van der Waals surface area contributed by atoms with Gasteiger partial charge in [0.15, 0.2) is 9.84 Å². The summed E-state index contributed by atoms with van der Waals surface area (Å²) in [5.41, 5.74) is 4.62. The first kappa shape index (κ1) is 15.0. The van der Waals surface area contributed by atoms with Crippen molar-refractivity contribution >= 4 is 9.84 Å². The third-order valence-corrected chi connectivity index (χ3v) is 5.08. The maximum Gasteiger partial charge on any atom is 0.416 e. The van der Waals surface area contributed by atoms with E-state index in [2.05, 4.69) is 0 Å². The summed E-state index contributed by atoms with van der Waals surface area (Å²) in [6.45, 7) is 2.96. The van der Waals surface area contributed by atoms with Gasteiger partial charge in [0.25, 0.3) is 0 Å². The van der Waals surface area contributed by atoms with Crippen LogP contribution in [0.2, 0.25) is 0 Å². The second-order valence-electron chi connectivity index (χ2n) is 4.13. The number of halogens is 3. The minimum absolute atomic E-state index is 0.153. The first-order valence-electron chi connectivity index (χ1n) is 5.23. The Kier molecular flexibility index (Phi) is 4.07. The molecule has 0 heterocycles. The fraction of sp³-hybridized carbons (Fsp3) is 0.455. The van der Waals surface area contributed by atoms with Crippen LogP contribution in [0.15, 0.2) is 29.2 Å². The molecule has 0 radical (unpaired) electrons. The van der Waals surface area contributed by atoms with Gasteiger partial charge in [0.1, 0.15) is 0 Å². The van der Waals surface area contributed by atoms with E-state index in [-0.39, 0.29) is 4.90 Å². The van der Waals surface area contributed by atoms with Gasteiger partial charge < -0.3 is 5.73 Å². The fourth-order valence-electron chi connectivity index (χ4n) is 1.33. The van der Waals surface area contributed by atoms with E-state index in [4.69, 9.17) is 5.73 Å². The lowest BCUT2D eigenvalue weighted by atomic mass is 10.2.